The maximum absolute atomic E-state index is 14.8. The zero-order chi connectivity index (χ0) is 32.6. The first-order valence-electron chi connectivity index (χ1n) is 14.8. The number of anilines is 2. The lowest BCUT2D eigenvalue weighted by Crippen LogP contribution is -2.41. The lowest BCUT2D eigenvalue weighted by Gasteiger charge is -2.39. The maximum atomic E-state index is 14.8. The summed E-state index contributed by atoms with van der Waals surface area (Å²) in [5.74, 6) is -0.411. The Morgan fingerprint density at radius 2 is 1.80 bits per heavy atom. The molecule has 11 nitrogen and oxygen atoms in total. The molecule has 4 aromatic rings. The van der Waals surface area contributed by atoms with Gasteiger partial charge >= 0.3 is 12.1 Å². The van der Waals surface area contributed by atoms with E-state index in [1.165, 1.54) is 16.8 Å². The molecular formula is C32H34F3N7O4. The van der Waals surface area contributed by atoms with Gasteiger partial charge in [0.25, 0.3) is 0 Å². The number of aryl methyl sites for hydroxylation is 1. The lowest BCUT2D eigenvalue weighted by molar-refractivity contribution is -0.198. The Balaban J connectivity index is 1.30. The number of aromatic nitrogens is 4. The number of alkyl halides is 3. The molecule has 2 aromatic heterocycles. The number of nitrogen functional groups attached to an aromatic ring is 1. The number of aliphatic carboxylic acids is 1. The molecular weight excluding hydrogens is 603 g/mol. The number of methoxy groups -OCH3 is 1. The van der Waals surface area contributed by atoms with Crippen molar-refractivity contribution < 1.29 is 32.5 Å². The molecule has 2 aliphatic rings. The number of halogens is 3. The number of benzene rings is 2. The number of nitrogens with two attached hydrogens (primary N) is 1. The molecule has 6 rings (SSSR count). The van der Waals surface area contributed by atoms with Crippen LogP contribution in [0.2, 0.25) is 0 Å². The third kappa shape index (κ3) is 6.43. The van der Waals surface area contributed by atoms with Gasteiger partial charge in [-0.3, -0.25) is 4.79 Å². The molecule has 14 heteroatoms. The van der Waals surface area contributed by atoms with Crippen molar-refractivity contribution in [3.8, 4) is 28.4 Å². The van der Waals surface area contributed by atoms with Crippen LogP contribution >= 0.6 is 0 Å². The second-order valence-electron chi connectivity index (χ2n) is 11.8. The minimum Gasteiger partial charge on any atom is -0.497 e. The van der Waals surface area contributed by atoms with Crippen molar-refractivity contribution in [1.29, 1.82) is 0 Å². The van der Waals surface area contributed by atoms with E-state index in [4.69, 9.17) is 15.2 Å². The Bertz CT molecular complexity index is 1720. The summed E-state index contributed by atoms with van der Waals surface area (Å²) in [4.78, 5) is 21.6. The molecule has 0 saturated carbocycles. The fraction of sp³-hybridized carbons (Fsp3) is 0.375. The summed E-state index contributed by atoms with van der Waals surface area (Å²) in [5, 5.41) is 16.9. The third-order valence-corrected chi connectivity index (χ3v) is 8.75. The number of carbonyl (C=O) groups is 1. The summed E-state index contributed by atoms with van der Waals surface area (Å²) in [6.07, 6.45) is -3.71. The van der Waals surface area contributed by atoms with E-state index in [1.54, 1.807) is 50.6 Å². The summed E-state index contributed by atoms with van der Waals surface area (Å²) in [6, 6.07) is 14.3. The minimum absolute atomic E-state index is 0.155. The van der Waals surface area contributed by atoms with E-state index in [0.717, 1.165) is 5.56 Å². The topological polar surface area (TPSA) is 141 Å². The Kier molecular flexibility index (Phi) is 8.23. The van der Waals surface area contributed by atoms with Crippen LogP contribution in [-0.2, 0) is 4.79 Å². The van der Waals surface area contributed by atoms with Crippen LogP contribution in [0.3, 0.4) is 0 Å². The molecule has 2 saturated heterocycles. The van der Waals surface area contributed by atoms with Crippen molar-refractivity contribution in [3.63, 3.8) is 0 Å². The second-order valence-corrected chi connectivity index (χ2v) is 11.8. The molecule has 0 aliphatic carbocycles. The lowest BCUT2D eigenvalue weighted by atomic mass is 9.76. The van der Waals surface area contributed by atoms with Crippen molar-refractivity contribution in [2.24, 2.45) is 5.41 Å². The standard InChI is InChI=1S/C32H34F3N7O4/c1-19-9-12-42(40-19)25-15-21(20-3-6-22(45-2)7-4-20)5-8-23(25)28(32(33,34)35)46-27-16-26(38-30(36)39-27)41-13-10-31(11-14-41)17-24(29(43)44)37-18-31/h3-9,12,15-16,24,28,37H,10-11,13-14,17-18H2,1-2H3,(H,43,44)(H2,36,38,39). The van der Waals surface area contributed by atoms with Crippen LogP contribution in [-0.4, -0.2) is 69.8 Å². The first kappa shape index (κ1) is 31.1. The van der Waals surface area contributed by atoms with Gasteiger partial charge in [0.1, 0.15) is 17.6 Å². The van der Waals surface area contributed by atoms with Gasteiger partial charge in [-0.1, -0.05) is 24.3 Å². The van der Waals surface area contributed by atoms with Gasteiger partial charge in [0.15, 0.2) is 0 Å². The SMILES string of the molecule is COc1ccc(-c2ccc(C(Oc3cc(N4CCC5(CC4)CNC(C(=O)O)C5)nc(N)n3)C(F)(F)F)c(-n3ccc(C)n3)c2)cc1. The molecule has 4 N–H and O–H groups in total. The van der Waals surface area contributed by atoms with E-state index in [0.29, 0.717) is 61.7 Å². The monoisotopic (exact) mass is 637 g/mol. The van der Waals surface area contributed by atoms with Gasteiger partial charge in [-0.2, -0.15) is 28.2 Å². The van der Waals surface area contributed by atoms with Crippen molar-refractivity contribution in [3.05, 3.63) is 72.1 Å². The zero-order valence-electron chi connectivity index (χ0n) is 25.3. The van der Waals surface area contributed by atoms with Crippen LogP contribution in [0.15, 0.2) is 60.8 Å². The van der Waals surface area contributed by atoms with E-state index < -0.39 is 24.3 Å². The number of carboxylic acids is 1. The van der Waals surface area contributed by atoms with Crippen LogP contribution in [0.25, 0.3) is 16.8 Å². The Morgan fingerprint density at radius 1 is 1.09 bits per heavy atom. The number of rotatable bonds is 8. The molecule has 2 atom stereocenters. The number of carboxylic acid groups (broad SMARTS) is 1. The fourth-order valence-corrected chi connectivity index (χ4v) is 6.24. The van der Waals surface area contributed by atoms with Crippen molar-refractivity contribution in [2.75, 3.05) is 37.4 Å². The quantitative estimate of drug-likeness (QED) is 0.243. The Hall–Kier alpha value is -4.85. The molecule has 2 unspecified atom stereocenters. The molecule has 2 fully saturated rings. The van der Waals surface area contributed by atoms with Crippen molar-refractivity contribution in [2.45, 2.75) is 44.5 Å². The largest absolute Gasteiger partial charge is 0.497 e. The summed E-state index contributed by atoms with van der Waals surface area (Å²) < 4.78 is 56.7. The van der Waals surface area contributed by atoms with Gasteiger partial charge < -0.3 is 30.5 Å². The first-order valence-corrected chi connectivity index (χ1v) is 14.8. The van der Waals surface area contributed by atoms with Crippen molar-refractivity contribution >= 4 is 17.7 Å². The number of hydrogen-bond acceptors (Lipinski definition) is 9. The summed E-state index contributed by atoms with van der Waals surface area (Å²) in [5.41, 5.74) is 7.95. The van der Waals surface area contributed by atoms with Gasteiger partial charge in [0, 0.05) is 37.5 Å². The van der Waals surface area contributed by atoms with Gasteiger partial charge in [-0.15, -0.1) is 0 Å². The number of piperidine rings is 1. The molecule has 0 amide bonds. The van der Waals surface area contributed by atoms with Gasteiger partial charge in [0.05, 0.1) is 18.5 Å². The molecule has 46 heavy (non-hydrogen) atoms. The van der Waals surface area contributed by atoms with E-state index in [9.17, 15) is 23.1 Å². The smallest absolute Gasteiger partial charge is 0.429 e. The maximum Gasteiger partial charge on any atom is 0.429 e. The van der Waals surface area contributed by atoms with Crippen LogP contribution in [0.4, 0.5) is 24.9 Å². The average Bonchev–Trinajstić information content (AvgIpc) is 3.66. The number of nitrogens with zero attached hydrogens (tertiary/aromatic N) is 5. The van der Waals surface area contributed by atoms with Gasteiger partial charge in [0.2, 0.25) is 17.9 Å². The minimum atomic E-state index is -4.83. The fourth-order valence-electron chi connectivity index (χ4n) is 6.24. The van der Waals surface area contributed by atoms with Crippen molar-refractivity contribution in [1.82, 2.24) is 25.1 Å². The molecule has 0 radical (unpaired) electrons. The summed E-state index contributed by atoms with van der Waals surface area (Å²) >= 11 is 0. The highest BCUT2D eigenvalue weighted by Gasteiger charge is 2.46. The van der Waals surface area contributed by atoms with Crippen LogP contribution < -0.4 is 25.4 Å². The Morgan fingerprint density at radius 3 is 2.41 bits per heavy atom. The van der Waals surface area contributed by atoms with E-state index >= 15 is 0 Å². The average molecular weight is 638 g/mol. The predicted molar refractivity (Wildman–Crippen MR) is 164 cm³/mol. The highest BCUT2D eigenvalue weighted by molar-refractivity contribution is 5.74. The molecule has 2 aromatic carbocycles. The van der Waals surface area contributed by atoms with Crippen LogP contribution in [0.5, 0.6) is 11.6 Å². The molecule has 2 aliphatic heterocycles. The third-order valence-electron chi connectivity index (χ3n) is 8.75. The normalized spacial score (nSPS) is 18.5. The van der Waals surface area contributed by atoms with E-state index in [1.807, 2.05) is 17.0 Å². The summed E-state index contributed by atoms with van der Waals surface area (Å²) in [6.45, 7) is 3.41. The number of nitrogens with one attached hydrogen (secondary N) is 1. The highest BCUT2D eigenvalue weighted by atomic mass is 19.4. The number of hydrogen-bond donors (Lipinski definition) is 3. The first-order chi connectivity index (χ1) is 21.9. The zero-order valence-corrected chi connectivity index (χ0v) is 25.3. The second kappa shape index (κ2) is 12.2. The van der Waals surface area contributed by atoms with Gasteiger partial charge in [-0.25, -0.2) is 4.68 Å². The van der Waals surface area contributed by atoms with E-state index in [2.05, 4.69) is 20.4 Å². The molecule has 0 bridgehead atoms. The summed E-state index contributed by atoms with van der Waals surface area (Å²) in [7, 11) is 1.56. The predicted octanol–water partition coefficient (Wildman–Crippen LogP) is 4.94. The number of ether oxygens (including phenoxy) is 2. The highest BCUT2D eigenvalue weighted by Crippen LogP contribution is 2.43. The molecule has 1 spiro atoms. The molecule has 4 heterocycles. The van der Waals surface area contributed by atoms with E-state index in [-0.39, 0.29) is 28.5 Å². The van der Waals surface area contributed by atoms with Crippen LogP contribution in [0.1, 0.15) is 36.6 Å². The van der Waals surface area contributed by atoms with Gasteiger partial charge in [-0.05, 0) is 67.0 Å². The Labute approximate surface area is 263 Å². The van der Waals surface area contributed by atoms with Crippen LogP contribution in [0, 0.1) is 12.3 Å². The molecule has 242 valence electrons.